The Morgan fingerprint density at radius 2 is 1.95 bits per heavy atom. The molecule has 0 aromatic heterocycles. The molecule has 0 saturated carbocycles. The lowest BCUT2D eigenvalue weighted by Gasteiger charge is -2.22. The van der Waals surface area contributed by atoms with Crippen LogP contribution in [0.4, 0.5) is 0 Å². The van der Waals surface area contributed by atoms with Crippen LogP contribution in [0.2, 0.25) is 0 Å². The molecule has 0 aliphatic heterocycles. The average molecular weight is 294 g/mol. The molecule has 0 aromatic rings. The number of hydrogen-bond donors (Lipinski definition) is 1. The molecular weight excluding hydrogens is 268 g/mol. The van der Waals surface area contributed by atoms with Gasteiger partial charge in [-0.3, -0.25) is 4.79 Å². The molecule has 0 radical (unpaired) electrons. The van der Waals surface area contributed by atoms with E-state index in [1.807, 2.05) is 6.92 Å². The molecule has 0 amide bonds. The minimum atomic E-state index is -3.12. The van der Waals surface area contributed by atoms with Crippen LogP contribution in [0.5, 0.6) is 0 Å². The first kappa shape index (κ1) is 18.3. The van der Waals surface area contributed by atoms with Gasteiger partial charge in [0.1, 0.15) is 0 Å². The molecule has 114 valence electrons. The summed E-state index contributed by atoms with van der Waals surface area (Å²) in [6.45, 7) is 7.56. The Morgan fingerprint density at radius 1 is 1.37 bits per heavy atom. The Labute approximate surface area is 116 Å². The maximum absolute atomic E-state index is 11.4. The van der Waals surface area contributed by atoms with E-state index < -0.39 is 15.4 Å². The summed E-state index contributed by atoms with van der Waals surface area (Å²) in [6.07, 6.45) is 1.92. The highest BCUT2D eigenvalue weighted by molar-refractivity contribution is 7.88. The van der Waals surface area contributed by atoms with E-state index in [1.54, 1.807) is 13.8 Å². The van der Waals surface area contributed by atoms with Crippen molar-refractivity contribution in [1.29, 1.82) is 0 Å². The summed E-state index contributed by atoms with van der Waals surface area (Å²) in [5.41, 5.74) is -0.573. The quantitative estimate of drug-likeness (QED) is 0.493. The number of ether oxygens (including phenoxy) is 1. The van der Waals surface area contributed by atoms with Crippen molar-refractivity contribution in [3.63, 3.8) is 0 Å². The molecule has 0 heterocycles. The first-order valence-corrected chi connectivity index (χ1v) is 8.24. The number of carbonyl (C=O) groups excluding carboxylic acids is 1. The van der Waals surface area contributed by atoms with Gasteiger partial charge >= 0.3 is 5.97 Å². The van der Waals surface area contributed by atoms with Gasteiger partial charge in [-0.15, -0.1) is 0 Å². The first-order chi connectivity index (χ1) is 8.65. The van der Waals surface area contributed by atoms with Gasteiger partial charge in [0, 0.05) is 19.6 Å². The van der Waals surface area contributed by atoms with Crippen LogP contribution in [0.3, 0.4) is 0 Å². The number of sulfonamides is 1. The highest BCUT2D eigenvalue weighted by Crippen LogP contribution is 2.15. The van der Waals surface area contributed by atoms with Gasteiger partial charge in [0.2, 0.25) is 10.0 Å². The normalized spacial score (nSPS) is 12.7. The molecule has 6 nitrogen and oxygen atoms in total. The van der Waals surface area contributed by atoms with E-state index in [9.17, 15) is 13.2 Å². The summed E-state index contributed by atoms with van der Waals surface area (Å²) >= 11 is 0. The molecule has 19 heavy (non-hydrogen) atoms. The molecule has 0 aliphatic carbocycles. The molecule has 0 atom stereocenters. The molecule has 0 aromatic carbocycles. The van der Waals surface area contributed by atoms with E-state index in [0.29, 0.717) is 32.6 Å². The monoisotopic (exact) mass is 294 g/mol. The largest absolute Gasteiger partial charge is 0.469 e. The molecule has 1 N–H and O–H groups in total. The Kier molecular flexibility index (Phi) is 7.54. The lowest BCUT2D eigenvalue weighted by atomic mass is 9.94. The van der Waals surface area contributed by atoms with Crippen molar-refractivity contribution < 1.29 is 17.9 Å². The van der Waals surface area contributed by atoms with Crippen molar-refractivity contribution in [2.45, 2.75) is 27.2 Å². The summed E-state index contributed by atoms with van der Waals surface area (Å²) in [7, 11) is -1.75. The van der Waals surface area contributed by atoms with Crippen LogP contribution in [0.1, 0.15) is 27.2 Å². The second-order valence-corrected chi connectivity index (χ2v) is 7.14. The fourth-order valence-corrected chi connectivity index (χ4v) is 2.62. The predicted octanol–water partition coefficient (Wildman–Crippen LogP) is 0.447. The highest BCUT2D eigenvalue weighted by atomic mass is 32.2. The smallest absolute Gasteiger partial charge is 0.312 e. The van der Waals surface area contributed by atoms with Gasteiger partial charge in [0.15, 0.2) is 0 Å². The minimum Gasteiger partial charge on any atom is -0.469 e. The van der Waals surface area contributed by atoms with Crippen molar-refractivity contribution in [1.82, 2.24) is 9.62 Å². The van der Waals surface area contributed by atoms with Gasteiger partial charge in [-0.2, -0.15) is 0 Å². The standard InChI is InChI=1S/C12H26N2O4S/c1-6-14(19(5,16)17)9-7-8-13-10-12(2,3)11(15)18-4/h13H,6-10H2,1-5H3. The Bertz CT molecular complexity index is 379. The molecule has 0 rings (SSSR count). The van der Waals surface area contributed by atoms with Gasteiger partial charge < -0.3 is 10.1 Å². The lowest BCUT2D eigenvalue weighted by Crippen LogP contribution is -2.38. The highest BCUT2D eigenvalue weighted by Gasteiger charge is 2.27. The average Bonchev–Trinajstić information content (AvgIpc) is 2.30. The van der Waals surface area contributed by atoms with Crippen LogP contribution in [0.25, 0.3) is 0 Å². The maximum atomic E-state index is 11.4. The van der Waals surface area contributed by atoms with E-state index in [0.717, 1.165) is 0 Å². The second kappa shape index (κ2) is 7.81. The Balaban J connectivity index is 3.97. The third-order valence-electron chi connectivity index (χ3n) is 2.89. The van der Waals surface area contributed by atoms with E-state index in [-0.39, 0.29) is 5.97 Å². The SMILES string of the molecule is CCN(CCCNCC(C)(C)C(=O)OC)S(C)(=O)=O. The fourth-order valence-electron chi connectivity index (χ4n) is 1.69. The summed E-state index contributed by atoms with van der Waals surface area (Å²) < 4.78 is 28.9. The van der Waals surface area contributed by atoms with Gasteiger partial charge in [0.25, 0.3) is 0 Å². The van der Waals surface area contributed by atoms with Crippen molar-refractivity contribution in [3.8, 4) is 0 Å². The van der Waals surface area contributed by atoms with Crippen molar-refractivity contribution in [2.24, 2.45) is 5.41 Å². The van der Waals surface area contributed by atoms with Gasteiger partial charge in [0.05, 0.1) is 18.8 Å². The number of nitrogens with one attached hydrogen (secondary N) is 1. The summed E-state index contributed by atoms with van der Waals surface area (Å²) in [5.74, 6) is -0.258. The molecule has 0 unspecified atom stereocenters. The summed E-state index contributed by atoms with van der Waals surface area (Å²) in [5, 5.41) is 3.15. The lowest BCUT2D eigenvalue weighted by molar-refractivity contribution is -0.150. The number of methoxy groups -OCH3 is 1. The zero-order valence-electron chi connectivity index (χ0n) is 12.5. The molecule has 0 fully saturated rings. The fraction of sp³-hybridized carbons (Fsp3) is 0.917. The Morgan fingerprint density at radius 3 is 2.37 bits per heavy atom. The van der Waals surface area contributed by atoms with Gasteiger partial charge in [-0.1, -0.05) is 6.92 Å². The molecule has 7 heteroatoms. The van der Waals surface area contributed by atoms with E-state index in [1.165, 1.54) is 17.7 Å². The van der Waals surface area contributed by atoms with Gasteiger partial charge in [-0.25, -0.2) is 12.7 Å². The maximum Gasteiger partial charge on any atom is 0.312 e. The van der Waals surface area contributed by atoms with Crippen LogP contribution in [-0.4, -0.2) is 58.2 Å². The number of rotatable bonds is 9. The topological polar surface area (TPSA) is 75.7 Å². The molecule has 0 aliphatic rings. The van der Waals surface area contributed by atoms with Crippen molar-refractivity contribution >= 4 is 16.0 Å². The second-order valence-electron chi connectivity index (χ2n) is 5.16. The first-order valence-electron chi connectivity index (χ1n) is 6.39. The summed E-state index contributed by atoms with van der Waals surface area (Å²) in [6, 6.07) is 0. The van der Waals surface area contributed by atoms with Crippen molar-refractivity contribution in [3.05, 3.63) is 0 Å². The zero-order chi connectivity index (χ0) is 15.1. The zero-order valence-corrected chi connectivity index (χ0v) is 13.3. The number of nitrogens with zero attached hydrogens (tertiary/aromatic N) is 1. The third-order valence-corrected chi connectivity index (χ3v) is 4.27. The summed E-state index contributed by atoms with van der Waals surface area (Å²) in [4.78, 5) is 11.4. The van der Waals surface area contributed by atoms with E-state index in [2.05, 4.69) is 5.32 Å². The number of carbonyl (C=O) groups is 1. The predicted molar refractivity (Wildman–Crippen MR) is 75.4 cm³/mol. The van der Waals surface area contributed by atoms with Crippen LogP contribution in [0.15, 0.2) is 0 Å². The Hall–Kier alpha value is -0.660. The number of esters is 1. The molecular formula is C12H26N2O4S. The minimum absolute atomic E-state index is 0.258. The van der Waals surface area contributed by atoms with Crippen molar-refractivity contribution in [2.75, 3.05) is 39.5 Å². The van der Waals surface area contributed by atoms with Crippen LogP contribution >= 0.6 is 0 Å². The van der Waals surface area contributed by atoms with Crippen LogP contribution < -0.4 is 5.32 Å². The van der Waals surface area contributed by atoms with Crippen LogP contribution in [-0.2, 0) is 19.6 Å². The molecule has 0 spiro atoms. The molecule has 0 saturated heterocycles. The van der Waals surface area contributed by atoms with E-state index in [4.69, 9.17) is 4.74 Å². The van der Waals surface area contributed by atoms with Gasteiger partial charge in [-0.05, 0) is 26.8 Å². The van der Waals surface area contributed by atoms with E-state index >= 15 is 0 Å². The molecule has 0 bridgehead atoms. The van der Waals surface area contributed by atoms with Crippen LogP contribution in [0, 0.1) is 5.41 Å². The number of hydrogen-bond acceptors (Lipinski definition) is 5. The third kappa shape index (κ3) is 6.89.